The van der Waals surface area contributed by atoms with E-state index in [1.807, 2.05) is 32.3 Å². The maximum Gasteiger partial charge on any atom is 0.161 e. The summed E-state index contributed by atoms with van der Waals surface area (Å²) in [5.41, 5.74) is 1.17. The number of ether oxygens (including phenoxy) is 3. The molecule has 0 spiro atoms. The summed E-state index contributed by atoms with van der Waals surface area (Å²) >= 11 is 0. The first-order chi connectivity index (χ1) is 9.67. The van der Waals surface area contributed by atoms with Gasteiger partial charge in [-0.15, -0.1) is 0 Å². The van der Waals surface area contributed by atoms with Crippen LogP contribution in [0.4, 0.5) is 0 Å². The number of hydrogen-bond acceptors (Lipinski definition) is 5. The Balaban J connectivity index is 2.55. The van der Waals surface area contributed by atoms with Crippen molar-refractivity contribution in [2.45, 2.75) is 6.54 Å². The lowest BCUT2D eigenvalue weighted by Crippen LogP contribution is -2.20. The molecule has 20 heavy (non-hydrogen) atoms. The Bertz CT molecular complexity index is 383. The summed E-state index contributed by atoms with van der Waals surface area (Å²) in [5, 5.41) is 3.31. The molecular formula is C15H26N2O3. The van der Waals surface area contributed by atoms with Crippen LogP contribution in [0.5, 0.6) is 11.5 Å². The molecule has 0 aliphatic heterocycles. The lowest BCUT2D eigenvalue weighted by Gasteiger charge is -2.14. The van der Waals surface area contributed by atoms with Crippen LogP contribution in [0.3, 0.4) is 0 Å². The molecular weight excluding hydrogens is 256 g/mol. The molecule has 0 unspecified atom stereocenters. The minimum Gasteiger partial charge on any atom is -0.493 e. The van der Waals surface area contributed by atoms with Gasteiger partial charge in [-0.1, -0.05) is 6.07 Å². The zero-order valence-electron chi connectivity index (χ0n) is 12.9. The van der Waals surface area contributed by atoms with Crippen LogP contribution >= 0.6 is 0 Å². The van der Waals surface area contributed by atoms with Gasteiger partial charge >= 0.3 is 0 Å². The number of methoxy groups -OCH3 is 2. The highest BCUT2D eigenvalue weighted by Crippen LogP contribution is 2.27. The number of benzene rings is 1. The fourth-order valence-corrected chi connectivity index (χ4v) is 1.69. The molecule has 0 aliphatic rings. The molecule has 0 fully saturated rings. The fraction of sp³-hybridized carbons (Fsp3) is 0.600. The highest BCUT2D eigenvalue weighted by Gasteiger charge is 2.06. The van der Waals surface area contributed by atoms with Gasteiger partial charge in [0.25, 0.3) is 0 Å². The third-order valence-corrected chi connectivity index (χ3v) is 2.84. The van der Waals surface area contributed by atoms with Crippen LogP contribution in [0.2, 0.25) is 0 Å². The van der Waals surface area contributed by atoms with Crippen LogP contribution in [-0.4, -0.2) is 59.5 Å². The number of rotatable bonds is 10. The molecule has 0 saturated carbocycles. The first-order valence-electron chi connectivity index (χ1n) is 6.81. The van der Waals surface area contributed by atoms with E-state index in [1.54, 1.807) is 14.2 Å². The van der Waals surface area contributed by atoms with Crippen molar-refractivity contribution >= 4 is 0 Å². The van der Waals surface area contributed by atoms with Crippen LogP contribution < -0.4 is 14.8 Å². The smallest absolute Gasteiger partial charge is 0.161 e. The van der Waals surface area contributed by atoms with Crippen molar-refractivity contribution in [3.05, 3.63) is 23.8 Å². The second-order valence-corrected chi connectivity index (χ2v) is 4.81. The van der Waals surface area contributed by atoms with Gasteiger partial charge in [-0.25, -0.2) is 0 Å². The zero-order chi connectivity index (χ0) is 14.8. The van der Waals surface area contributed by atoms with Crippen LogP contribution in [0.25, 0.3) is 0 Å². The van der Waals surface area contributed by atoms with Crippen LogP contribution in [0, 0.1) is 0 Å². The standard InChI is InChI=1S/C15H26N2O3/c1-17(2)8-10-20-15-11-13(5-6-14(15)19-4)12-16-7-9-18-3/h5-6,11,16H,7-10,12H2,1-4H3. The fourth-order valence-electron chi connectivity index (χ4n) is 1.69. The van der Waals surface area contributed by atoms with E-state index in [4.69, 9.17) is 14.2 Å². The van der Waals surface area contributed by atoms with E-state index in [9.17, 15) is 0 Å². The van der Waals surface area contributed by atoms with Gasteiger partial charge in [0.1, 0.15) is 6.61 Å². The second kappa shape index (κ2) is 9.58. The summed E-state index contributed by atoms with van der Waals surface area (Å²) in [6.07, 6.45) is 0. The highest BCUT2D eigenvalue weighted by atomic mass is 16.5. The third kappa shape index (κ3) is 6.23. The number of nitrogens with one attached hydrogen (secondary N) is 1. The average Bonchev–Trinajstić information content (AvgIpc) is 2.43. The molecule has 0 saturated heterocycles. The molecule has 0 atom stereocenters. The van der Waals surface area contributed by atoms with Gasteiger partial charge in [-0.2, -0.15) is 0 Å². The molecule has 1 aromatic carbocycles. The Kier molecular flexibility index (Phi) is 8.02. The van der Waals surface area contributed by atoms with Crippen molar-refractivity contribution < 1.29 is 14.2 Å². The van der Waals surface area contributed by atoms with Crippen molar-refractivity contribution in [3.8, 4) is 11.5 Å². The summed E-state index contributed by atoms with van der Waals surface area (Å²) in [4.78, 5) is 2.09. The van der Waals surface area contributed by atoms with E-state index in [0.29, 0.717) is 13.2 Å². The molecule has 5 heteroatoms. The Morgan fingerprint density at radius 3 is 2.55 bits per heavy atom. The predicted octanol–water partition coefficient (Wildman–Crippen LogP) is 1.37. The molecule has 114 valence electrons. The predicted molar refractivity (Wildman–Crippen MR) is 80.6 cm³/mol. The van der Waals surface area contributed by atoms with Gasteiger partial charge < -0.3 is 24.4 Å². The molecule has 0 radical (unpaired) electrons. The third-order valence-electron chi connectivity index (χ3n) is 2.84. The average molecular weight is 282 g/mol. The molecule has 1 N–H and O–H groups in total. The molecule has 0 heterocycles. The van der Waals surface area contributed by atoms with E-state index in [-0.39, 0.29) is 0 Å². The van der Waals surface area contributed by atoms with Gasteiger partial charge in [0, 0.05) is 26.7 Å². The monoisotopic (exact) mass is 282 g/mol. The molecule has 0 bridgehead atoms. The molecule has 5 nitrogen and oxygen atoms in total. The summed E-state index contributed by atoms with van der Waals surface area (Å²) in [6, 6.07) is 6.00. The Hall–Kier alpha value is -1.30. The van der Waals surface area contributed by atoms with Crippen molar-refractivity contribution in [1.82, 2.24) is 10.2 Å². The first-order valence-corrected chi connectivity index (χ1v) is 6.81. The molecule has 0 aliphatic carbocycles. The van der Waals surface area contributed by atoms with Gasteiger partial charge in [-0.05, 0) is 31.8 Å². The topological polar surface area (TPSA) is 43.0 Å². The molecule has 1 rings (SSSR count). The van der Waals surface area contributed by atoms with E-state index in [0.717, 1.165) is 31.1 Å². The Labute approximate surface area is 121 Å². The van der Waals surface area contributed by atoms with Gasteiger partial charge in [-0.3, -0.25) is 0 Å². The largest absolute Gasteiger partial charge is 0.493 e. The number of likely N-dealkylation sites (N-methyl/N-ethyl adjacent to an activating group) is 1. The molecule has 0 amide bonds. The van der Waals surface area contributed by atoms with Crippen LogP contribution in [0.15, 0.2) is 18.2 Å². The van der Waals surface area contributed by atoms with Crippen molar-refractivity contribution in [3.63, 3.8) is 0 Å². The van der Waals surface area contributed by atoms with Gasteiger partial charge in [0.2, 0.25) is 0 Å². The van der Waals surface area contributed by atoms with E-state index < -0.39 is 0 Å². The summed E-state index contributed by atoms with van der Waals surface area (Å²) in [6.45, 7) is 3.85. The van der Waals surface area contributed by atoms with Crippen molar-refractivity contribution in [2.75, 3.05) is 54.6 Å². The zero-order valence-corrected chi connectivity index (χ0v) is 12.9. The Morgan fingerprint density at radius 1 is 1.10 bits per heavy atom. The van der Waals surface area contributed by atoms with Gasteiger partial charge in [0.15, 0.2) is 11.5 Å². The van der Waals surface area contributed by atoms with Gasteiger partial charge in [0.05, 0.1) is 13.7 Å². The number of nitrogens with zero attached hydrogens (tertiary/aromatic N) is 1. The van der Waals surface area contributed by atoms with E-state index >= 15 is 0 Å². The lowest BCUT2D eigenvalue weighted by atomic mass is 10.2. The normalized spacial score (nSPS) is 10.8. The number of hydrogen-bond donors (Lipinski definition) is 1. The maximum atomic E-state index is 5.79. The summed E-state index contributed by atoms with van der Waals surface area (Å²) < 4.78 is 16.1. The lowest BCUT2D eigenvalue weighted by molar-refractivity contribution is 0.199. The summed E-state index contributed by atoms with van der Waals surface area (Å²) in [5.74, 6) is 1.56. The van der Waals surface area contributed by atoms with Crippen LogP contribution in [0.1, 0.15) is 5.56 Å². The summed E-state index contributed by atoms with van der Waals surface area (Å²) in [7, 11) is 7.41. The quantitative estimate of drug-likeness (QED) is 0.657. The minimum atomic E-state index is 0.643. The highest BCUT2D eigenvalue weighted by molar-refractivity contribution is 5.42. The Morgan fingerprint density at radius 2 is 1.90 bits per heavy atom. The van der Waals surface area contributed by atoms with Crippen molar-refractivity contribution in [2.24, 2.45) is 0 Å². The minimum absolute atomic E-state index is 0.643. The van der Waals surface area contributed by atoms with E-state index in [2.05, 4.69) is 10.2 Å². The second-order valence-electron chi connectivity index (χ2n) is 4.81. The van der Waals surface area contributed by atoms with Crippen molar-refractivity contribution in [1.29, 1.82) is 0 Å². The maximum absolute atomic E-state index is 5.79. The SMILES string of the molecule is COCCNCc1ccc(OC)c(OCCN(C)C)c1. The molecule has 0 aromatic heterocycles. The first kappa shape index (κ1) is 16.8. The van der Waals surface area contributed by atoms with E-state index in [1.165, 1.54) is 5.56 Å². The molecule has 1 aromatic rings. The van der Waals surface area contributed by atoms with Crippen LogP contribution in [-0.2, 0) is 11.3 Å².